The zero-order chi connectivity index (χ0) is 13.9. The summed E-state index contributed by atoms with van der Waals surface area (Å²) in [5, 5.41) is 3.60. The van der Waals surface area contributed by atoms with E-state index in [0.717, 1.165) is 18.4 Å². The predicted molar refractivity (Wildman–Crippen MR) is 84.0 cm³/mol. The fourth-order valence-corrected chi connectivity index (χ4v) is 3.89. The Morgan fingerprint density at radius 3 is 2.80 bits per heavy atom. The van der Waals surface area contributed by atoms with Crippen molar-refractivity contribution in [1.82, 2.24) is 10.3 Å². The number of aromatic nitrogens is 1. The number of pyridine rings is 1. The summed E-state index contributed by atoms with van der Waals surface area (Å²) in [5.41, 5.74) is 1.36. The average Bonchev–Trinajstić information content (AvgIpc) is 3.06. The van der Waals surface area contributed by atoms with Crippen LogP contribution in [0.5, 0.6) is 0 Å². The van der Waals surface area contributed by atoms with Gasteiger partial charge in [0.15, 0.2) is 0 Å². The maximum absolute atomic E-state index is 4.70. The van der Waals surface area contributed by atoms with Crippen LogP contribution in [0.2, 0.25) is 0 Å². The SMILES string of the molecule is CCCNC(C)c1cccnc1N1CC2CCCC2C1. The molecule has 3 nitrogen and oxygen atoms in total. The number of nitrogens with one attached hydrogen (secondary N) is 1. The Balaban J connectivity index is 1.76. The number of fused-ring (bicyclic) bond motifs is 1. The van der Waals surface area contributed by atoms with Gasteiger partial charge in [-0.1, -0.05) is 19.4 Å². The van der Waals surface area contributed by atoms with Crippen molar-refractivity contribution in [1.29, 1.82) is 0 Å². The second kappa shape index (κ2) is 6.13. The molecule has 2 aliphatic rings. The Morgan fingerprint density at radius 2 is 2.10 bits per heavy atom. The Hall–Kier alpha value is -1.09. The monoisotopic (exact) mass is 273 g/mol. The van der Waals surface area contributed by atoms with Crippen LogP contribution >= 0.6 is 0 Å². The molecule has 1 aliphatic heterocycles. The van der Waals surface area contributed by atoms with E-state index in [4.69, 9.17) is 4.98 Å². The Labute approximate surface area is 122 Å². The maximum Gasteiger partial charge on any atom is 0.133 e. The molecule has 0 aromatic carbocycles. The molecule has 0 spiro atoms. The summed E-state index contributed by atoms with van der Waals surface area (Å²) in [6.07, 6.45) is 7.40. The summed E-state index contributed by atoms with van der Waals surface area (Å²) in [6.45, 7) is 7.98. The molecule has 20 heavy (non-hydrogen) atoms. The highest BCUT2D eigenvalue weighted by molar-refractivity contribution is 5.49. The lowest BCUT2D eigenvalue weighted by Gasteiger charge is -2.24. The van der Waals surface area contributed by atoms with Gasteiger partial charge in [-0.05, 0) is 50.6 Å². The molecule has 110 valence electrons. The van der Waals surface area contributed by atoms with Crippen molar-refractivity contribution in [2.75, 3.05) is 24.5 Å². The third-order valence-corrected chi connectivity index (χ3v) is 5.01. The van der Waals surface area contributed by atoms with Gasteiger partial charge in [-0.15, -0.1) is 0 Å². The molecule has 0 radical (unpaired) electrons. The van der Waals surface area contributed by atoms with Crippen LogP contribution in [0.3, 0.4) is 0 Å². The lowest BCUT2D eigenvalue weighted by molar-refractivity contribution is 0.494. The van der Waals surface area contributed by atoms with Crippen LogP contribution in [0.4, 0.5) is 5.82 Å². The summed E-state index contributed by atoms with van der Waals surface area (Å²) >= 11 is 0. The van der Waals surface area contributed by atoms with E-state index in [-0.39, 0.29) is 0 Å². The van der Waals surface area contributed by atoms with Gasteiger partial charge in [-0.3, -0.25) is 0 Å². The van der Waals surface area contributed by atoms with Crippen molar-refractivity contribution in [3.63, 3.8) is 0 Å². The minimum atomic E-state index is 0.388. The molecule has 3 atom stereocenters. The summed E-state index contributed by atoms with van der Waals surface area (Å²) in [4.78, 5) is 7.24. The normalized spacial score (nSPS) is 26.8. The van der Waals surface area contributed by atoms with Crippen LogP contribution < -0.4 is 10.2 Å². The van der Waals surface area contributed by atoms with Gasteiger partial charge in [0.25, 0.3) is 0 Å². The lowest BCUT2D eigenvalue weighted by atomic mass is 10.0. The highest BCUT2D eigenvalue weighted by Crippen LogP contribution is 2.40. The summed E-state index contributed by atoms with van der Waals surface area (Å²) < 4.78 is 0. The molecule has 3 rings (SSSR count). The van der Waals surface area contributed by atoms with Gasteiger partial charge < -0.3 is 10.2 Å². The standard InChI is InChI=1S/C17H27N3/c1-3-9-18-13(2)16-8-5-10-19-17(16)20-11-14-6-4-7-15(14)12-20/h5,8,10,13-15,18H,3-4,6-7,9,11-12H2,1-2H3. The van der Waals surface area contributed by atoms with Gasteiger partial charge in [0.05, 0.1) is 0 Å². The van der Waals surface area contributed by atoms with Crippen molar-refractivity contribution in [2.45, 2.75) is 45.6 Å². The molecule has 3 heteroatoms. The molecule has 2 heterocycles. The largest absolute Gasteiger partial charge is 0.356 e. The molecule has 0 amide bonds. The number of anilines is 1. The van der Waals surface area contributed by atoms with E-state index in [1.807, 2.05) is 6.20 Å². The van der Waals surface area contributed by atoms with Crippen LogP contribution in [0, 0.1) is 11.8 Å². The maximum atomic E-state index is 4.70. The molecule has 3 unspecified atom stereocenters. The smallest absolute Gasteiger partial charge is 0.133 e. The lowest BCUT2D eigenvalue weighted by Crippen LogP contribution is -2.27. The molecule has 1 saturated heterocycles. The van der Waals surface area contributed by atoms with E-state index < -0.39 is 0 Å². The van der Waals surface area contributed by atoms with Crippen LogP contribution in [-0.4, -0.2) is 24.6 Å². The topological polar surface area (TPSA) is 28.2 Å². The Bertz CT molecular complexity index is 434. The second-order valence-electron chi connectivity index (χ2n) is 6.45. The minimum Gasteiger partial charge on any atom is -0.356 e. The van der Waals surface area contributed by atoms with Crippen LogP contribution in [0.1, 0.15) is 51.1 Å². The first kappa shape index (κ1) is 13.9. The molecule has 1 saturated carbocycles. The first-order chi connectivity index (χ1) is 9.79. The molecular formula is C17H27N3. The summed E-state index contributed by atoms with van der Waals surface area (Å²) in [7, 11) is 0. The van der Waals surface area contributed by atoms with E-state index in [1.54, 1.807) is 0 Å². The molecule has 1 aliphatic carbocycles. The van der Waals surface area contributed by atoms with Crippen molar-refractivity contribution in [3.05, 3.63) is 23.9 Å². The summed E-state index contributed by atoms with van der Waals surface area (Å²) in [6, 6.07) is 4.70. The molecule has 1 aromatic rings. The van der Waals surface area contributed by atoms with Gasteiger partial charge in [0.1, 0.15) is 5.82 Å². The zero-order valence-corrected chi connectivity index (χ0v) is 12.8. The first-order valence-corrected chi connectivity index (χ1v) is 8.22. The molecular weight excluding hydrogens is 246 g/mol. The van der Waals surface area contributed by atoms with Gasteiger partial charge in [-0.25, -0.2) is 4.98 Å². The highest BCUT2D eigenvalue weighted by atomic mass is 15.2. The van der Waals surface area contributed by atoms with E-state index in [1.165, 1.54) is 50.2 Å². The quantitative estimate of drug-likeness (QED) is 0.891. The van der Waals surface area contributed by atoms with E-state index >= 15 is 0 Å². The van der Waals surface area contributed by atoms with Crippen LogP contribution in [-0.2, 0) is 0 Å². The van der Waals surface area contributed by atoms with Crippen molar-refractivity contribution >= 4 is 5.82 Å². The molecule has 1 aromatic heterocycles. The third kappa shape index (κ3) is 2.69. The van der Waals surface area contributed by atoms with Crippen LogP contribution in [0.15, 0.2) is 18.3 Å². The predicted octanol–water partition coefficient (Wildman–Crippen LogP) is 3.38. The highest BCUT2D eigenvalue weighted by Gasteiger charge is 2.37. The minimum absolute atomic E-state index is 0.388. The zero-order valence-electron chi connectivity index (χ0n) is 12.8. The third-order valence-electron chi connectivity index (χ3n) is 5.01. The Kier molecular flexibility index (Phi) is 4.25. The van der Waals surface area contributed by atoms with Gasteiger partial charge in [-0.2, -0.15) is 0 Å². The first-order valence-electron chi connectivity index (χ1n) is 8.22. The van der Waals surface area contributed by atoms with Crippen molar-refractivity contribution < 1.29 is 0 Å². The van der Waals surface area contributed by atoms with E-state index in [9.17, 15) is 0 Å². The van der Waals surface area contributed by atoms with Gasteiger partial charge >= 0.3 is 0 Å². The van der Waals surface area contributed by atoms with Crippen molar-refractivity contribution in [2.24, 2.45) is 11.8 Å². The number of nitrogens with zero attached hydrogens (tertiary/aromatic N) is 2. The fraction of sp³-hybridized carbons (Fsp3) is 0.706. The molecule has 1 N–H and O–H groups in total. The number of hydrogen-bond acceptors (Lipinski definition) is 3. The van der Waals surface area contributed by atoms with Gasteiger partial charge in [0.2, 0.25) is 0 Å². The molecule has 2 fully saturated rings. The number of rotatable bonds is 5. The van der Waals surface area contributed by atoms with Crippen LogP contribution in [0.25, 0.3) is 0 Å². The van der Waals surface area contributed by atoms with Crippen molar-refractivity contribution in [3.8, 4) is 0 Å². The van der Waals surface area contributed by atoms with Gasteiger partial charge in [0, 0.05) is 30.9 Å². The molecule has 0 bridgehead atoms. The Morgan fingerprint density at radius 1 is 1.35 bits per heavy atom. The average molecular weight is 273 g/mol. The van der Waals surface area contributed by atoms with E-state index in [0.29, 0.717) is 6.04 Å². The number of hydrogen-bond donors (Lipinski definition) is 1. The van der Waals surface area contributed by atoms with E-state index in [2.05, 4.69) is 36.2 Å². The fourth-order valence-electron chi connectivity index (χ4n) is 3.89. The summed E-state index contributed by atoms with van der Waals surface area (Å²) in [5.74, 6) is 3.06. The second-order valence-corrected chi connectivity index (χ2v) is 6.45.